The van der Waals surface area contributed by atoms with Crippen molar-refractivity contribution in [1.29, 1.82) is 0 Å². The summed E-state index contributed by atoms with van der Waals surface area (Å²) in [5.41, 5.74) is 0. The van der Waals surface area contributed by atoms with Gasteiger partial charge in [0.05, 0.1) is 0 Å². The maximum Gasteiger partial charge on any atom is 0.0167 e. The summed E-state index contributed by atoms with van der Waals surface area (Å²) in [5.74, 6) is 1.05. The molecule has 1 heterocycles. The lowest BCUT2D eigenvalue weighted by molar-refractivity contribution is 0.185. The number of halogens is 1. The van der Waals surface area contributed by atoms with Crippen LogP contribution in [0.15, 0.2) is 0 Å². The van der Waals surface area contributed by atoms with Gasteiger partial charge >= 0.3 is 0 Å². The van der Waals surface area contributed by atoms with Crippen molar-refractivity contribution in [3.8, 4) is 0 Å². The van der Waals surface area contributed by atoms with Crippen molar-refractivity contribution in [2.45, 2.75) is 51.5 Å². The molecule has 1 N–H and O–H groups in total. The van der Waals surface area contributed by atoms with Crippen molar-refractivity contribution in [3.63, 3.8) is 0 Å². The van der Waals surface area contributed by atoms with Gasteiger partial charge in [-0.3, -0.25) is 0 Å². The molecule has 1 saturated carbocycles. The van der Waals surface area contributed by atoms with Crippen molar-refractivity contribution in [2.75, 3.05) is 26.2 Å². The van der Waals surface area contributed by atoms with E-state index in [1.807, 2.05) is 0 Å². The Hall–Kier alpha value is 0.210. The van der Waals surface area contributed by atoms with E-state index >= 15 is 0 Å². The fourth-order valence-electron chi connectivity index (χ4n) is 3.06. The van der Waals surface area contributed by atoms with Crippen LogP contribution in [0.5, 0.6) is 0 Å². The number of nitrogens with zero attached hydrogens (tertiary/aromatic N) is 1. The maximum atomic E-state index is 3.51. The Balaban J connectivity index is 0.00000128. The molecule has 2 aliphatic rings. The number of nitrogens with one attached hydrogen (secondary N) is 1. The molecule has 1 atom stereocenters. The van der Waals surface area contributed by atoms with Crippen molar-refractivity contribution >= 4 is 12.4 Å². The van der Waals surface area contributed by atoms with Gasteiger partial charge in [0.1, 0.15) is 0 Å². The Morgan fingerprint density at radius 2 is 1.94 bits per heavy atom. The standard InChI is InChI=1S/C13H26N2.ClH/c1-12-11-15(10-8-14-12)9-7-13-5-3-2-4-6-13;/h12-14H,2-11H2,1H3;1H/t12-;/m1./s1. The van der Waals surface area contributed by atoms with Gasteiger partial charge < -0.3 is 10.2 Å². The molecule has 2 rings (SSSR count). The Labute approximate surface area is 107 Å². The number of hydrogen-bond acceptors (Lipinski definition) is 2. The molecular weight excluding hydrogens is 220 g/mol. The summed E-state index contributed by atoms with van der Waals surface area (Å²) in [5, 5.41) is 3.51. The number of rotatable bonds is 3. The van der Waals surface area contributed by atoms with Crippen LogP contribution in [-0.2, 0) is 0 Å². The first-order valence-corrected chi connectivity index (χ1v) is 6.80. The molecule has 0 unspecified atom stereocenters. The van der Waals surface area contributed by atoms with Gasteiger partial charge in [-0.2, -0.15) is 0 Å². The van der Waals surface area contributed by atoms with Crippen LogP contribution in [-0.4, -0.2) is 37.1 Å². The normalized spacial score (nSPS) is 28.7. The molecule has 2 fully saturated rings. The van der Waals surface area contributed by atoms with E-state index in [4.69, 9.17) is 0 Å². The second kappa shape index (κ2) is 7.52. The van der Waals surface area contributed by atoms with Crippen molar-refractivity contribution in [3.05, 3.63) is 0 Å². The molecule has 2 nitrogen and oxygen atoms in total. The highest BCUT2D eigenvalue weighted by Gasteiger charge is 2.18. The molecule has 96 valence electrons. The highest BCUT2D eigenvalue weighted by Crippen LogP contribution is 2.26. The van der Waals surface area contributed by atoms with Crippen LogP contribution in [0.1, 0.15) is 45.4 Å². The van der Waals surface area contributed by atoms with E-state index in [2.05, 4.69) is 17.1 Å². The van der Waals surface area contributed by atoms with Gasteiger partial charge in [0.15, 0.2) is 0 Å². The lowest BCUT2D eigenvalue weighted by atomic mass is 9.87. The van der Waals surface area contributed by atoms with Gasteiger partial charge in [-0.25, -0.2) is 0 Å². The Bertz CT molecular complexity index is 181. The number of piperazine rings is 1. The van der Waals surface area contributed by atoms with E-state index in [0.29, 0.717) is 6.04 Å². The first-order valence-electron chi connectivity index (χ1n) is 6.80. The highest BCUT2D eigenvalue weighted by molar-refractivity contribution is 5.85. The van der Waals surface area contributed by atoms with Crippen LogP contribution < -0.4 is 5.32 Å². The van der Waals surface area contributed by atoms with Gasteiger partial charge in [-0.05, 0) is 25.8 Å². The zero-order chi connectivity index (χ0) is 10.5. The molecule has 0 spiro atoms. The summed E-state index contributed by atoms with van der Waals surface area (Å²) < 4.78 is 0. The molecule has 16 heavy (non-hydrogen) atoms. The molecule has 0 amide bonds. The molecule has 0 aromatic carbocycles. The highest BCUT2D eigenvalue weighted by atomic mass is 35.5. The summed E-state index contributed by atoms with van der Waals surface area (Å²) in [6.07, 6.45) is 8.92. The van der Waals surface area contributed by atoms with Crippen LogP contribution in [0.25, 0.3) is 0 Å². The largest absolute Gasteiger partial charge is 0.312 e. The smallest absolute Gasteiger partial charge is 0.0167 e. The molecule has 0 radical (unpaired) electrons. The van der Waals surface area contributed by atoms with Crippen molar-refractivity contribution in [1.82, 2.24) is 10.2 Å². The molecular formula is C13H27ClN2. The van der Waals surface area contributed by atoms with Gasteiger partial charge in [-0.1, -0.05) is 32.1 Å². The minimum Gasteiger partial charge on any atom is -0.312 e. The first kappa shape index (κ1) is 14.3. The minimum atomic E-state index is 0. The summed E-state index contributed by atoms with van der Waals surface area (Å²) in [6.45, 7) is 7.35. The monoisotopic (exact) mass is 246 g/mol. The minimum absolute atomic E-state index is 0. The molecule has 1 saturated heterocycles. The zero-order valence-electron chi connectivity index (χ0n) is 10.6. The third-order valence-electron chi connectivity index (χ3n) is 4.03. The zero-order valence-corrected chi connectivity index (χ0v) is 11.4. The third kappa shape index (κ3) is 4.60. The summed E-state index contributed by atoms with van der Waals surface area (Å²) >= 11 is 0. The van der Waals surface area contributed by atoms with E-state index in [0.717, 1.165) is 5.92 Å². The molecule has 0 aromatic rings. The second-order valence-electron chi connectivity index (χ2n) is 5.45. The Morgan fingerprint density at radius 3 is 2.62 bits per heavy atom. The van der Waals surface area contributed by atoms with Crippen LogP contribution in [0.4, 0.5) is 0 Å². The summed E-state index contributed by atoms with van der Waals surface area (Å²) in [6, 6.07) is 0.699. The summed E-state index contributed by atoms with van der Waals surface area (Å²) in [4.78, 5) is 2.65. The predicted octanol–water partition coefficient (Wildman–Crippen LogP) is 2.67. The molecule has 0 bridgehead atoms. The fraction of sp³-hybridized carbons (Fsp3) is 1.00. The quantitative estimate of drug-likeness (QED) is 0.824. The van der Waals surface area contributed by atoms with Crippen LogP contribution in [0.3, 0.4) is 0 Å². The molecule has 1 aliphatic heterocycles. The van der Waals surface area contributed by atoms with E-state index in [-0.39, 0.29) is 12.4 Å². The van der Waals surface area contributed by atoms with Gasteiger partial charge in [0.25, 0.3) is 0 Å². The van der Waals surface area contributed by atoms with Crippen molar-refractivity contribution < 1.29 is 0 Å². The average molecular weight is 247 g/mol. The third-order valence-corrected chi connectivity index (χ3v) is 4.03. The molecule has 1 aliphatic carbocycles. The fourth-order valence-corrected chi connectivity index (χ4v) is 3.06. The van der Waals surface area contributed by atoms with Gasteiger partial charge in [0.2, 0.25) is 0 Å². The number of hydrogen-bond donors (Lipinski definition) is 1. The SMILES string of the molecule is C[C@@H]1CN(CCC2CCCCC2)CCN1.Cl. The van der Waals surface area contributed by atoms with E-state index in [1.165, 1.54) is 64.7 Å². The first-order chi connectivity index (χ1) is 7.34. The maximum absolute atomic E-state index is 3.51. The predicted molar refractivity (Wildman–Crippen MR) is 72.3 cm³/mol. The van der Waals surface area contributed by atoms with Gasteiger partial charge in [-0.15, -0.1) is 12.4 Å². The molecule has 0 aromatic heterocycles. The second-order valence-corrected chi connectivity index (χ2v) is 5.45. The van der Waals surface area contributed by atoms with Crippen LogP contribution >= 0.6 is 12.4 Å². The van der Waals surface area contributed by atoms with E-state index in [1.54, 1.807) is 0 Å². The van der Waals surface area contributed by atoms with E-state index in [9.17, 15) is 0 Å². The van der Waals surface area contributed by atoms with Crippen molar-refractivity contribution in [2.24, 2.45) is 5.92 Å². The van der Waals surface area contributed by atoms with E-state index < -0.39 is 0 Å². The summed E-state index contributed by atoms with van der Waals surface area (Å²) in [7, 11) is 0. The Kier molecular flexibility index (Phi) is 6.71. The van der Waals surface area contributed by atoms with Crippen LogP contribution in [0, 0.1) is 5.92 Å². The lowest BCUT2D eigenvalue weighted by Gasteiger charge is -2.33. The average Bonchev–Trinajstić information content (AvgIpc) is 2.28. The van der Waals surface area contributed by atoms with Gasteiger partial charge in [0, 0.05) is 25.7 Å². The molecule has 3 heteroatoms. The van der Waals surface area contributed by atoms with Crippen LogP contribution in [0.2, 0.25) is 0 Å². The Morgan fingerprint density at radius 1 is 1.19 bits per heavy atom. The topological polar surface area (TPSA) is 15.3 Å². The lowest BCUT2D eigenvalue weighted by Crippen LogP contribution is -2.49.